The molecule has 0 atom stereocenters. The van der Waals surface area contributed by atoms with Gasteiger partial charge in [-0.05, 0) is 66.1 Å². The molecule has 0 radical (unpaired) electrons. The van der Waals surface area contributed by atoms with Crippen molar-refractivity contribution in [1.29, 1.82) is 0 Å². The van der Waals surface area contributed by atoms with Crippen LogP contribution in [0.2, 0.25) is 0 Å². The van der Waals surface area contributed by atoms with E-state index >= 15 is 0 Å². The predicted molar refractivity (Wildman–Crippen MR) is 128 cm³/mol. The maximum Gasteiger partial charge on any atom is 0.250 e. The van der Waals surface area contributed by atoms with Gasteiger partial charge in [-0.1, -0.05) is 42.6 Å². The molecule has 10 heteroatoms. The van der Waals surface area contributed by atoms with Crippen molar-refractivity contribution < 1.29 is 14.3 Å². The van der Waals surface area contributed by atoms with Crippen LogP contribution in [0, 0.1) is 6.92 Å². The summed E-state index contributed by atoms with van der Waals surface area (Å²) in [4.78, 5) is 29.3. The number of aromatic nitrogens is 4. The van der Waals surface area contributed by atoms with Crippen LogP contribution in [-0.2, 0) is 16.1 Å². The van der Waals surface area contributed by atoms with E-state index in [0.29, 0.717) is 24.3 Å². The van der Waals surface area contributed by atoms with Crippen molar-refractivity contribution in [3.63, 3.8) is 0 Å². The number of anilines is 3. The molecule has 3 aromatic rings. The molecule has 178 valence electrons. The monoisotopic (exact) mass is 463 g/mol. The zero-order valence-electron chi connectivity index (χ0n) is 19.4. The predicted octanol–water partition coefficient (Wildman–Crippen LogP) is 2.95. The third-order valence-electron chi connectivity index (χ3n) is 6.35. The van der Waals surface area contributed by atoms with Crippen LogP contribution in [0.25, 0.3) is 0 Å². The van der Waals surface area contributed by atoms with Gasteiger partial charge in [-0.15, -0.1) is 0 Å². The zero-order chi connectivity index (χ0) is 24.1. The van der Waals surface area contributed by atoms with E-state index in [1.54, 1.807) is 36.3 Å². The number of para-hydroxylation sites is 1. The Hall–Kier alpha value is -3.95. The van der Waals surface area contributed by atoms with E-state index in [1.807, 2.05) is 31.2 Å². The van der Waals surface area contributed by atoms with Crippen LogP contribution in [0.5, 0.6) is 5.75 Å². The minimum absolute atomic E-state index is 0.0325. The molecular weight excluding hydrogens is 434 g/mol. The Morgan fingerprint density at radius 3 is 2.44 bits per heavy atom. The van der Waals surface area contributed by atoms with Gasteiger partial charge in [-0.2, -0.15) is 0 Å². The molecule has 1 saturated carbocycles. The van der Waals surface area contributed by atoms with Gasteiger partial charge in [0.25, 0.3) is 5.91 Å². The van der Waals surface area contributed by atoms with E-state index in [1.165, 1.54) is 4.68 Å². The van der Waals surface area contributed by atoms with Crippen LogP contribution in [0.3, 0.4) is 0 Å². The number of ether oxygens (including phenoxy) is 1. The standard InChI is InChI=1S/C24H29N7O3/c1-17-8-4-5-9-20(17)26-22(33)24(14-6-3-7-15-24)31(18-10-12-19(34-2)13-11-18)21(32)16-30-23(25)27-28-29-30/h4-5,8-13H,3,6-7,14-16H2,1-2H3,(H,26,33)(H2,25,27,29). The maximum absolute atomic E-state index is 14.0. The molecule has 0 unspecified atom stereocenters. The second kappa shape index (κ2) is 9.90. The van der Waals surface area contributed by atoms with Crippen LogP contribution < -0.4 is 20.7 Å². The fourth-order valence-electron chi connectivity index (χ4n) is 4.52. The van der Waals surface area contributed by atoms with Crippen molar-refractivity contribution in [3.05, 3.63) is 54.1 Å². The smallest absolute Gasteiger partial charge is 0.250 e. The van der Waals surface area contributed by atoms with Crippen LogP contribution in [0.1, 0.15) is 37.7 Å². The molecule has 3 N–H and O–H groups in total. The first-order chi connectivity index (χ1) is 16.4. The molecule has 34 heavy (non-hydrogen) atoms. The summed E-state index contributed by atoms with van der Waals surface area (Å²) < 4.78 is 6.52. The lowest BCUT2D eigenvalue weighted by molar-refractivity contribution is -0.128. The maximum atomic E-state index is 14.0. The highest BCUT2D eigenvalue weighted by molar-refractivity contribution is 6.08. The van der Waals surface area contributed by atoms with Gasteiger partial charge < -0.3 is 15.8 Å². The molecule has 2 aromatic carbocycles. The van der Waals surface area contributed by atoms with Gasteiger partial charge in [0.2, 0.25) is 11.9 Å². The fourth-order valence-corrected chi connectivity index (χ4v) is 4.52. The van der Waals surface area contributed by atoms with E-state index in [2.05, 4.69) is 20.8 Å². The molecule has 1 aliphatic rings. The largest absolute Gasteiger partial charge is 0.497 e. The summed E-state index contributed by atoms with van der Waals surface area (Å²) >= 11 is 0. The number of tetrazole rings is 1. The molecule has 1 aromatic heterocycles. The molecule has 0 bridgehead atoms. The molecule has 0 saturated heterocycles. The minimum atomic E-state index is -1.07. The Morgan fingerprint density at radius 1 is 1.12 bits per heavy atom. The van der Waals surface area contributed by atoms with Gasteiger partial charge >= 0.3 is 0 Å². The van der Waals surface area contributed by atoms with E-state index in [9.17, 15) is 9.59 Å². The molecular formula is C24H29N7O3. The summed E-state index contributed by atoms with van der Waals surface area (Å²) in [5, 5.41) is 14.1. The van der Waals surface area contributed by atoms with Gasteiger partial charge in [-0.25, -0.2) is 4.68 Å². The second-order valence-electron chi connectivity index (χ2n) is 8.48. The molecule has 2 amide bonds. The number of nitrogens with two attached hydrogens (primary N) is 1. The Morgan fingerprint density at radius 2 is 1.82 bits per heavy atom. The summed E-state index contributed by atoms with van der Waals surface area (Å²) in [6.07, 6.45) is 3.73. The summed E-state index contributed by atoms with van der Waals surface area (Å²) in [6, 6.07) is 14.7. The number of aryl methyl sites for hydroxylation is 1. The summed E-state index contributed by atoms with van der Waals surface area (Å²) in [5.74, 6) is 0.148. The number of carbonyl (C=O) groups excluding carboxylic acids is 2. The fraction of sp³-hybridized carbons (Fsp3) is 0.375. The lowest BCUT2D eigenvalue weighted by Gasteiger charge is -2.45. The van der Waals surface area contributed by atoms with Gasteiger partial charge in [-0.3, -0.25) is 14.5 Å². The number of nitrogens with one attached hydrogen (secondary N) is 1. The van der Waals surface area contributed by atoms with Gasteiger partial charge in [0, 0.05) is 11.4 Å². The molecule has 4 rings (SSSR count). The third-order valence-corrected chi connectivity index (χ3v) is 6.35. The van der Waals surface area contributed by atoms with Crippen molar-refractivity contribution in [3.8, 4) is 5.75 Å². The number of hydrogen-bond acceptors (Lipinski definition) is 7. The molecule has 1 heterocycles. The number of amides is 2. The third kappa shape index (κ3) is 4.57. The topological polar surface area (TPSA) is 128 Å². The van der Waals surface area contributed by atoms with E-state index in [0.717, 1.165) is 30.5 Å². The van der Waals surface area contributed by atoms with Crippen LogP contribution in [0.15, 0.2) is 48.5 Å². The average Bonchev–Trinajstić information content (AvgIpc) is 3.25. The lowest BCUT2D eigenvalue weighted by atomic mass is 9.78. The van der Waals surface area contributed by atoms with Crippen LogP contribution >= 0.6 is 0 Å². The number of nitrogen functional groups attached to an aromatic ring is 1. The Labute approximate surface area is 198 Å². The SMILES string of the molecule is COc1ccc(N(C(=O)Cn2nnnc2N)C2(C(=O)Nc3ccccc3C)CCCCC2)cc1. The van der Waals surface area contributed by atoms with E-state index in [4.69, 9.17) is 10.5 Å². The highest BCUT2D eigenvalue weighted by atomic mass is 16.5. The lowest BCUT2D eigenvalue weighted by Crippen LogP contribution is -2.61. The summed E-state index contributed by atoms with van der Waals surface area (Å²) in [5.41, 5.74) is 7.01. The Bertz CT molecular complexity index is 1150. The van der Waals surface area contributed by atoms with Gasteiger partial charge in [0.05, 0.1) is 7.11 Å². The number of rotatable bonds is 7. The number of hydrogen-bond donors (Lipinski definition) is 2. The molecule has 0 spiro atoms. The quantitative estimate of drug-likeness (QED) is 0.551. The first-order valence-corrected chi connectivity index (χ1v) is 11.3. The Balaban J connectivity index is 1.77. The molecule has 0 aliphatic heterocycles. The Kier molecular flexibility index (Phi) is 6.76. The van der Waals surface area contributed by atoms with E-state index in [-0.39, 0.29) is 24.3 Å². The van der Waals surface area contributed by atoms with Crippen molar-refractivity contribution in [2.24, 2.45) is 0 Å². The first kappa shape index (κ1) is 23.2. The number of carbonyl (C=O) groups is 2. The second-order valence-corrected chi connectivity index (χ2v) is 8.48. The number of methoxy groups -OCH3 is 1. The van der Waals surface area contributed by atoms with Gasteiger partial charge in [0.15, 0.2) is 0 Å². The van der Waals surface area contributed by atoms with Crippen molar-refractivity contribution in [1.82, 2.24) is 20.2 Å². The normalized spacial score (nSPS) is 14.9. The van der Waals surface area contributed by atoms with E-state index < -0.39 is 5.54 Å². The van der Waals surface area contributed by atoms with Crippen LogP contribution in [0.4, 0.5) is 17.3 Å². The molecule has 1 aliphatic carbocycles. The number of benzene rings is 2. The van der Waals surface area contributed by atoms with Crippen molar-refractivity contribution >= 4 is 29.1 Å². The summed E-state index contributed by atoms with van der Waals surface area (Å²) in [6.45, 7) is 1.75. The first-order valence-electron chi connectivity index (χ1n) is 11.3. The van der Waals surface area contributed by atoms with Gasteiger partial charge in [0.1, 0.15) is 17.8 Å². The summed E-state index contributed by atoms with van der Waals surface area (Å²) in [7, 11) is 1.58. The highest BCUT2D eigenvalue weighted by Gasteiger charge is 2.48. The number of nitrogens with zero attached hydrogens (tertiary/aromatic N) is 5. The zero-order valence-corrected chi connectivity index (χ0v) is 19.4. The minimum Gasteiger partial charge on any atom is -0.497 e. The average molecular weight is 464 g/mol. The van der Waals surface area contributed by atoms with Crippen molar-refractivity contribution in [2.45, 2.75) is 51.1 Å². The highest BCUT2D eigenvalue weighted by Crippen LogP contribution is 2.39. The molecule has 10 nitrogen and oxygen atoms in total. The van der Waals surface area contributed by atoms with Crippen LogP contribution in [-0.4, -0.2) is 44.7 Å². The van der Waals surface area contributed by atoms with Crippen molar-refractivity contribution in [2.75, 3.05) is 23.1 Å². The molecule has 1 fully saturated rings.